The average Bonchev–Trinajstić information content (AvgIpc) is 2.35. The molecule has 0 unspecified atom stereocenters. The number of pyridine rings is 1. The van der Waals surface area contributed by atoms with Gasteiger partial charge in [0, 0.05) is 25.4 Å². The third-order valence-electron chi connectivity index (χ3n) is 2.06. The summed E-state index contributed by atoms with van der Waals surface area (Å²) in [6, 6.07) is 5.15. The predicted molar refractivity (Wildman–Crippen MR) is 59.2 cm³/mol. The van der Waals surface area contributed by atoms with E-state index in [0.29, 0.717) is 24.3 Å². The molecule has 0 fully saturated rings. The minimum atomic E-state index is -0.158. The van der Waals surface area contributed by atoms with Crippen LogP contribution in [0.1, 0.15) is 16.8 Å². The molecule has 84 valence electrons. The number of hydrogen-bond acceptors (Lipinski definition) is 5. The summed E-state index contributed by atoms with van der Waals surface area (Å²) in [7, 11) is 1.65. The lowest BCUT2D eigenvalue weighted by Crippen LogP contribution is -2.27. The number of nitrogens with one attached hydrogen (secondary N) is 1. The van der Waals surface area contributed by atoms with E-state index in [-0.39, 0.29) is 5.91 Å². The molecule has 0 aliphatic rings. The van der Waals surface area contributed by atoms with Crippen molar-refractivity contribution in [1.29, 1.82) is 5.26 Å². The lowest BCUT2D eigenvalue weighted by atomic mass is 10.2. The van der Waals surface area contributed by atoms with Crippen LogP contribution >= 0.6 is 0 Å². The molecule has 6 heteroatoms. The molecule has 1 amide bonds. The number of carbonyl (C=O) groups excluding carboxylic acids is 1. The normalized spacial score (nSPS) is 9.31. The molecule has 0 aliphatic heterocycles. The largest absolute Gasteiger partial charge is 0.341 e. The van der Waals surface area contributed by atoms with Gasteiger partial charge < -0.3 is 10.3 Å². The monoisotopic (exact) mass is 219 g/mol. The first-order chi connectivity index (χ1) is 7.69. The average molecular weight is 219 g/mol. The standard InChI is InChI=1S/C10H13N5O/c1-15(6-2-4-11)10(16)8-3-5-13-9(7-8)14-12/h3,5,7H,2,6,12H2,1H3,(H,13,14). The zero-order chi connectivity index (χ0) is 12.0. The maximum atomic E-state index is 11.8. The molecule has 0 aliphatic carbocycles. The molecule has 0 spiro atoms. The van der Waals surface area contributed by atoms with Crippen LogP contribution in [0.15, 0.2) is 18.3 Å². The van der Waals surface area contributed by atoms with Gasteiger partial charge in [0.2, 0.25) is 0 Å². The summed E-state index contributed by atoms with van der Waals surface area (Å²) in [4.78, 5) is 17.2. The van der Waals surface area contributed by atoms with Gasteiger partial charge in [-0.2, -0.15) is 5.26 Å². The number of amides is 1. The Morgan fingerprint density at radius 3 is 3.12 bits per heavy atom. The molecule has 0 radical (unpaired) electrons. The fourth-order valence-corrected chi connectivity index (χ4v) is 1.18. The highest BCUT2D eigenvalue weighted by Gasteiger charge is 2.11. The number of hydrogen-bond donors (Lipinski definition) is 2. The SMILES string of the molecule is CN(CCC#N)C(=O)c1ccnc(NN)c1. The minimum Gasteiger partial charge on any atom is -0.341 e. The van der Waals surface area contributed by atoms with Crippen molar-refractivity contribution >= 4 is 11.7 Å². The van der Waals surface area contributed by atoms with Gasteiger partial charge in [-0.05, 0) is 12.1 Å². The van der Waals surface area contributed by atoms with Gasteiger partial charge in [0.05, 0.1) is 12.5 Å². The molecular weight excluding hydrogens is 206 g/mol. The number of carbonyl (C=O) groups is 1. The van der Waals surface area contributed by atoms with Gasteiger partial charge in [-0.3, -0.25) is 4.79 Å². The van der Waals surface area contributed by atoms with Crippen molar-refractivity contribution in [3.8, 4) is 6.07 Å². The van der Waals surface area contributed by atoms with E-state index in [1.165, 1.54) is 11.1 Å². The Bertz CT molecular complexity index is 412. The number of rotatable bonds is 4. The summed E-state index contributed by atoms with van der Waals surface area (Å²) in [5, 5.41) is 8.43. The Morgan fingerprint density at radius 1 is 1.75 bits per heavy atom. The van der Waals surface area contributed by atoms with E-state index in [9.17, 15) is 4.79 Å². The maximum Gasteiger partial charge on any atom is 0.253 e. The molecule has 0 atom stereocenters. The van der Waals surface area contributed by atoms with Crippen molar-refractivity contribution in [2.24, 2.45) is 5.84 Å². The first-order valence-corrected chi connectivity index (χ1v) is 4.74. The van der Waals surface area contributed by atoms with Crippen molar-refractivity contribution in [3.05, 3.63) is 23.9 Å². The lowest BCUT2D eigenvalue weighted by Gasteiger charge is -2.15. The topological polar surface area (TPSA) is 95.0 Å². The zero-order valence-electron chi connectivity index (χ0n) is 8.97. The number of hydrazine groups is 1. The Hall–Kier alpha value is -2.13. The molecule has 1 rings (SSSR count). The smallest absolute Gasteiger partial charge is 0.253 e. The molecule has 0 bridgehead atoms. The first kappa shape index (κ1) is 11.9. The van der Waals surface area contributed by atoms with Gasteiger partial charge in [-0.1, -0.05) is 0 Å². The van der Waals surface area contributed by atoms with Crippen LogP contribution in [-0.4, -0.2) is 29.4 Å². The van der Waals surface area contributed by atoms with Crippen LogP contribution in [0.3, 0.4) is 0 Å². The van der Waals surface area contributed by atoms with Crippen LogP contribution in [-0.2, 0) is 0 Å². The maximum absolute atomic E-state index is 11.8. The summed E-state index contributed by atoms with van der Waals surface area (Å²) in [5.41, 5.74) is 2.86. The van der Waals surface area contributed by atoms with E-state index >= 15 is 0 Å². The third-order valence-corrected chi connectivity index (χ3v) is 2.06. The first-order valence-electron chi connectivity index (χ1n) is 4.74. The molecule has 1 aromatic heterocycles. The molecule has 1 aromatic rings. The summed E-state index contributed by atoms with van der Waals surface area (Å²) in [6.07, 6.45) is 1.82. The van der Waals surface area contributed by atoms with Crippen LogP contribution in [0.2, 0.25) is 0 Å². The molecule has 16 heavy (non-hydrogen) atoms. The van der Waals surface area contributed by atoms with E-state index in [2.05, 4.69) is 10.4 Å². The summed E-state index contributed by atoms with van der Waals surface area (Å²) >= 11 is 0. The summed E-state index contributed by atoms with van der Waals surface area (Å²) in [5.74, 6) is 5.47. The molecule has 3 N–H and O–H groups in total. The van der Waals surface area contributed by atoms with Crippen molar-refractivity contribution in [1.82, 2.24) is 9.88 Å². The molecule has 1 heterocycles. The van der Waals surface area contributed by atoms with Gasteiger partial charge >= 0.3 is 0 Å². The van der Waals surface area contributed by atoms with Crippen LogP contribution in [0.4, 0.5) is 5.82 Å². The zero-order valence-corrected chi connectivity index (χ0v) is 8.97. The highest BCUT2D eigenvalue weighted by Crippen LogP contribution is 2.08. The van der Waals surface area contributed by atoms with Crippen LogP contribution < -0.4 is 11.3 Å². The number of aromatic nitrogens is 1. The molecule has 0 saturated carbocycles. The molecule has 0 saturated heterocycles. The van der Waals surface area contributed by atoms with Crippen LogP contribution in [0, 0.1) is 11.3 Å². The van der Waals surface area contributed by atoms with E-state index < -0.39 is 0 Å². The number of anilines is 1. The second kappa shape index (κ2) is 5.68. The molecular formula is C10H13N5O. The Labute approximate surface area is 93.6 Å². The fourth-order valence-electron chi connectivity index (χ4n) is 1.18. The van der Waals surface area contributed by atoms with Gasteiger partial charge in [-0.25, -0.2) is 10.8 Å². The van der Waals surface area contributed by atoms with E-state index in [4.69, 9.17) is 11.1 Å². The Kier molecular flexibility index (Phi) is 4.24. The second-order valence-corrected chi connectivity index (χ2v) is 3.21. The second-order valence-electron chi connectivity index (χ2n) is 3.21. The summed E-state index contributed by atoms with van der Waals surface area (Å²) in [6.45, 7) is 0.406. The number of nitriles is 1. The number of nitrogens with two attached hydrogens (primary N) is 1. The van der Waals surface area contributed by atoms with Gasteiger partial charge in [0.25, 0.3) is 5.91 Å². The Balaban J connectivity index is 2.76. The third kappa shape index (κ3) is 2.93. The van der Waals surface area contributed by atoms with Crippen LogP contribution in [0.25, 0.3) is 0 Å². The van der Waals surface area contributed by atoms with E-state index in [1.807, 2.05) is 6.07 Å². The molecule has 0 aromatic carbocycles. The van der Waals surface area contributed by atoms with E-state index in [0.717, 1.165) is 0 Å². The minimum absolute atomic E-state index is 0.158. The van der Waals surface area contributed by atoms with Gasteiger partial charge in [0.15, 0.2) is 0 Å². The number of nitrogen functional groups attached to an aromatic ring is 1. The highest BCUT2D eigenvalue weighted by molar-refractivity contribution is 5.94. The van der Waals surface area contributed by atoms with Crippen molar-refractivity contribution in [3.63, 3.8) is 0 Å². The van der Waals surface area contributed by atoms with Crippen molar-refractivity contribution in [2.45, 2.75) is 6.42 Å². The number of nitrogens with zero attached hydrogens (tertiary/aromatic N) is 3. The van der Waals surface area contributed by atoms with Gasteiger partial charge in [0.1, 0.15) is 5.82 Å². The van der Waals surface area contributed by atoms with E-state index in [1.54, 1.807) is 19.2 Å². The quantitative estimate of drug-likeness (QED) is 0.563. The van der Waals surface area contributed by atoms with Crippen LogP contribution in [0.5, 0.6) is 0 Å². The Morgan fingerprint density at radius 2 is 2.50 bits per heavy atom. The summed E-state index contributed by atoms with van der Waals surface area (Å²) < 4.78 is 0. The van der Waals surface area contributed by atoms with Gasteiger partial charge in [-0.15, -0.1) is 0 Å². The lowest BCUT2D eigenvalue weighted by molar-refractivity contribution is 0.0798. The highest BCUT2D eigenvalue weighted by atomic mass is 16.2. The molecule has 6 nitrogen and oxygen atoms in total. The van der Waals surface area contributed by atoms with Crippen molar-refractivity contribution < 1.29 is 4.79 Å². The predicted octanol–water partition coefficient (Wildman–Crippen LogP) is 0.353. The van der Waals surface area contributed by atoms with Crippen molar-refractivity contribution in [2.75, 3.05) is 19.0 Å². The fraction of sp³-hybridized carbons (Fsp3) is 0.300.